The minimum Gasteiger partial charge on any atom is -0.497 e. The first-order valence-corrected chi connectivity index (χ1v) is 11.0. The number of ether oxygens (including phenoxy) is 1. The molecular formula is C23H26Cl2N2O3. The lowest BCUT2D eigenvalue weighted by molar-refractivity contribution is -0.126. The molecule has 1 fully saturated rings. The Hall–Kier alpha value is -2.24. The van der Waals surface area contributed by atoms with E-state index in [0.717, 1.165) is 25.7 Å². The normalized spacial score (nSPS) is 15.3. The molecule has 1 N–H and O–H groups in total. The lowest BCUT2D eigenvalue weighted by Crippen LogP contribution is -2.47. The fourth-order valence-corrected chi connectivity index (χ4v) is 4.09. The molecule has 3 rings (SSSR count). The Bertz CT molecular complexity index is 850. The predicted octanol–water partition coefficient (Wildman–Crippen LogP) is 5.11. The van der Waals surface area contributed by atoms with Crippen LogP contribution in [-0.4, -0.2) is 30.8 Å². The van der Waals surface area contributed by atoms with Gasteiger partial charge in [-0.15, -0.1) is 11.6 Å². The minimum absolute atomic E-state index is 0.116. The maximum Gasteiger partial charge on any atom is 0.248 e. The Morgan fingerprint density at radius 1 is 1.07 bits per heavy atom. The van der Waals surface area contributed by atoms with Gasteiger partial charge in [0.2, 0.25) is 11.8 Å². The van der Waals surface area contributed by atoms with E-state index in [1.54, 1.807) is 55.6 Å². The summed E-state index contributed by atoms with van der Waals surface area (Å²) in [6.45, 7) is 0. The van der Waals surface area contributed by atoms with E-state index in [1.165, 1.54) is 11.3 Å². The summed E-state index contributed by atoms with van der Waals surface area (Å²) in [5, 5.41) is 3.70. The van der Waals surface area contributed by atoms with E-state index in [-0.39, 0.29) is 23.7 Å². The van der Waals surface area contributed by atoms with Crippen molar-refractivity contribution in [3.8, 4) is 5.75 Å². The first kappa shape index (κ1) is 22.4. The van der Waals surface area contributed by atoms with Gasteiger partial charge in [0.05, 0.1) is 7.11 Å². The van der Waals surface area contributed by atoms with Crippen molar-refractivity contribution in [1.29, 1.82) is 0 Å². The number of methoxy groups -OCH3 is 1. The number of hydrogen-bond acceptors (Lipinski definition) is 3. The average molecular weight is 449 g/mol. The largest absolute Gasteiger partial charge is 0.497 e. The van der Waals surface area contributed by atoms with E-state index in [1.807, 2.05) is 0 Å². The number of nitrogens with one attached hydrogen (secondary N) is 1. The summed E-state index contributed by atoms with van der Waals surface area (Å²) in [5.41, 5.74) is 1.24. The van der Waals surface area contributed by atoms with Crippen LogP contribution in [0.5, 0.6) is 5.75 Å². The molecule has 1 aliphatic carbocycles. The molecule has 0 unspecified atom stereocenters. The number of rotatable bonds is 7. The van der Waals surface area contributed by atoms with Gasteiger partial charge in [0.15, 0.2) is 0 Å². The van der Waals surface area contributed by atoms with Crippen LogP contribution >= 0.6 is 23.2 Å². The molecule has 0 spiro atoms. The third-order valence-electron chi connectivity index (χ3n) is 5.38. The zero-order valence-electron chi connectivity index (χ0n) is 16.9. The molecule has 0 bridgehead atoms. The molecule has 1 saturated carbocycles. The van der Waals surface area contributed by atoms with Gasteiger partial charge in [0, 0.05) is 16.8 Å². The second kappa shape index (κ2) is 10.7. The number of nitrogens with zero attached hydrogens (tertiary/aromatic N) is 1. The van der Waals surface area contributed by atoms with E-state index in [0.29, 0.717) is 22.0 Å². The second-order valence-electron chi connectivity index (χ2n) is 7.39. The number of hydrogen-bond donors (Lipinski definition) is 1. The predicted molar refractivity (Wildman–Crippen MR) is 120 cm³/mol. The van der Waals surface area contributed by atoms with E-state index >= 15 is 0 Å². The summed E-state index contributed by atoms with van der Waals surface area (Å²) in [5.74, 6) is -0.155. The quantitative estimate of drug-likeness (QED) is 0.598. The molecule has 0 radical (unpaired) electrons. The number of carbonyl (C=O) groups excluding carboxylic acids is 2. The van der Waals surface area contributed by atoms with E-state index in [9.17, 15) is 9.59 Å². The number of halogens is 2. The van der Waals surface area contributed by atoms with Gasteiger partial charge in [-0.25, -0.2) is 0 Å². The van der Waals surface area contributed by atoms with Gasteiger partial charge < -0.3 is 10.1 Å². The number of benzene rings is 2. The van der Waals surface area contributed by atoms with Crippen LogP contribution in [0.15, 0.2) is 48.5 Å². The van der Waals surface area contributed by atoms with Crippen molar-refractivity contribution < 1.29 is 14.3 Å². The number of alkyl halides is 1. The topological polar surface area (TPSA) is 58.6 Å². The van der Waals surface area contributed by atoms with Gasteiger partial charge in [0.25, 0.3) is 0 Å². The first-order valence-electron chi connectivity index (χ1n) is 10.1. The molecule has 0 saturated heterocycles. The zero-order chi connectivity index (χ0) is 21.5. The van der Waals surface area contributed by atoms with E-state index < -0.39 is 6.04 Å². The molecule has 0 aromatic heterocycles. The molecule has 160 valence electrons. The Labute approximate surface area is 187 Å². The van der Waals surface area contributed by atoms with E-state index in [4.69, 9.17) is 27.9 Å². The number of carbonyl (C=O) groups is 2. The molecule has 7 heteroatoms. The SMILES string of the molecule is COc1ccc([C@@H](C(=O)NC2CCCCC2)N(C(=O)CCl)c2ccc(Cl)cc2)cc1. The van der Waals surface area contributed by atoms with Crippen molar-refractivity contribution >= 4 is 40.7 Å². The van der Waals surface area contributed by atoms with Crippen LogP contribution in [0.25, 0.3) is 0 Å². The van der Waals surface area contributed by atoms with Gasteiger partial charge >= 0.3 is 0 Å². The van der Waals surface area contributed by atoms with Crippen LogP contribution < -0.4 is 15.0 Å². The monoisotopic (exact) mass is 448 g/mol. The Morgan fingerprint density at radius 3 is 2.27 bits per heavy atom. The molecule has 1 atom stereocenters. The maximum atomic E-state index is 13.5. The van der Waals surface area contributed by atoms with Gasteiger partial charge in [-0.05, 0) is 54.8 Å². The van der Waals surface area contributed by atoms with Gasteiger partial charge in [-0.3, -0.25) is 14.5 Å². The molecular weight excluding hydrogens is 423 g/mol. The zero-order valence-corrected chi connectivity index (χ0v) is 18.5. The maximum absolute atomic E-state index is 13.5. The third kappa shape index (κ3) is 5.46. The molecule has 2 aromatic rings. The molecule has 0 heterocycles. The Morgan fingerprint density at radius 2 is 1.70 bits per heavy atom. The van der Waals surface area contributed by atoms with Crippen molar-refractivity contribution in [3.63, 3.8) is 0 Å². The Balaban J connectivity index is 2.00. The summed E-state index contributed by atoms with van der Waals surface area (Å²) < 4.78 is 5.24. The fourth-order valence-electron chi connectivity index (χ4n) is 3.83. The van der Waals surface area contributed by atoms with Crippen LogP contribution in [0.1, 0.15) is 43.7 Å². The average Bonchev–Trinajstić information content (AvgIpc) is 2.78. The third-order valence-corrected chi connectivity index (χ3v) is 5.86. The highest BCUT2D eigenvalue weighted by Crippen LogP contribution is 2.31. The van der Waals surface area contributed by atoms with Crippen molar-refractivity contribution in [3.05, 3.63) is 59.1 Å². The standard InChI is InChI=1S/C23H26Cl2N2O3/c1-30-20-13-7-16(8-14-20)22(23(29)26-18-5-3-2-4-6-18)27(21(28)15-24)19-11-9-17(25)10-12-19/h7-14,18,22H,2-6,15H2,1H3,(H,26,29)/t22-/m0/s1. The van der Waals surface area contributed by atoms with Crippen molar-refractivity contribution in [2.75, 3.05) is 17.9 Å². The summed E-state index contributed by atoms with van der Waals surface area (Å²) in [7, 11) is 1.58. The number of amides is 2. The highest BCUT2D eigenvalue weighted by atomic mass is 35.5. The van der Waals surface area contributed by atoms with Gasteiger partial charge in [-0.1, -0.05) is 43.0 Å². The van der Waals surface area contributed by atoms with Crippen molar-refractivity contribution in [2.45, 2.75) is 44.2 Å². The lowest BCUT2D eigenvalue weighted by Gasteiger charge is -2.33. The first-order chi connectivity index (χ1) is 14.5. The van der Waals surface area contributed by atoms with E-state index in [2.05, 4.69) is 5.32 Å². The molecule has 0 aliphatic heterocycles. The van der Waals surface area contributed by atoms with Crippen molar-refractivity contribution in [1.82, 2.24) is 5.32 Å². The Kier molecular flexibility index (Phi) is 8.00. The summed E-state index contributed by atoms with van der Waals surface area (Å²) in [6, 6.07) is 13.2. The number of anilines is 1. The van der Waals surface area contributed by atoms with Gasteiger partial charge in [-0.2, -0.15) is 0 Å². The minimum atomic E-state index is -0.856. The van der Waals surface area contributed by atoms with Gasteiger partial charge in [0.1, 0.15) is 17.7 Å². The fraction of sp³-hybridized carbons (Fsp3) is 0.391. The molecule has 2 aromatic carbocycles. The van der Waals surface area contributed by atoms with Crippen LogP contribution in [0, 0.1) is 0 Å². The highest BCUT2D eigenvalue weighted by Gasteiger charge is 2.33. The lowest BCUT2D eigenvalue weighted by atomic mass is 9.94. The highest BCUT2D eigenvalue weighted by molar-refractivity contribution is 6.31. The molecule has 2 amide bonds. The smallest absolute Gasteiger partial charge is 0.248 e. The molecule has 5 nitrogen and oxygen atoms in total. The van der Waals surface area contributed by atoms with Crippen LogP contribution in [0.4, 0.5) is 5.69 Å². The second-order valence-corrected chi connectivity index (χ2v) is 8.10. The summed E-state index contributed by atoms with van der Waals surface area (Å²) in [6.07, 6.45) is 5.28. The van der Waals surface area contributed by atoms with Crippen LogP contribution in [-0.2, 0) is 9.59 Å². The van der Waals surface area contributed by atoms with Crippen LogP contribution in [0.3, 0.4) is 0 Å². The molecule has 1 aliphatic rings. The molecule has 30 heavy (non-hydrogen) atoms. The van der Waals surface area contributed by atoms with Crippen molar-refractivity contribution in [2.24, 2.45) is 0 Å². The summed E-state index contributed by atoms with van der Waals surface area (Å²) in [4.78, 5) is 27.8. The van der Waals surface area contributed by atoms with Crippen LogP contribution in [0.2, 0.25) is 5.02 Å². The summed E-state index contributed by atoms with van der Waals surface area (Å²) >= 11 is 12.0.